The quantitative estimate of drug-likeness (QED) is 0.845. The molecule has 0 spiro atoms. The summed E-state index contributed by atoms with van der Waals surface area (Å²) in [5, 5.41) is 12.0. The minimum atomic E-state index is -3.68. The molecule has 1 aliphatic carbocycles. The monoisotopic (exact) mass is 316 g/mol. The summed E-state index contributed by atoms with van der Waals surface area (Å²) in [6.07, 6.45) is 2.43. The SMILES string of the molecule is CN(C)S(=O)(=O)c1ccc(C(=O)NC2CCC(O)CC2)o1. The fourth-order valence-corrected chi connectivity index (χ4v) is 3.03. The van der Waals surface area contributed by atoms with Gasteiger partial charge in [0, 0.05) is 20.1 Å². The van der Waals surface area contributed by atoms with Crippen LogP contribution in [0.4, 0.5) is 0 Å². The van der Waals surface area contributed by atoms with E-state index < -0.39 is 15.9 Å². The van der Waals surface area contributed by atoms with Gasteiger partial charge in [0.05, 0.1) is 6.10 Å². The molecule has 1 aliphatic rings. The third-order valence-corrected chi connectivity index (χ3v) is 5.26. The van der Waals surface area contributed by atoms with E-state index in [9.17, 15) is 18.3 Å². The Bertz CT molecular complexity index is 600. The van der Waals surface area contributed by atoms with Crippen molar-refractivity contribution >= 4 is 15.9 Å². The Kier molecular flexibility index (Phi) is 4.70. The largest absolute Gasteiger partial charge is 0.438 e. The van der Waals surface area contributed by atoms with Gasteiger partial charge in [-0.15, -0.1) is 0 Å². The molecule has 118 valence electrons. The van der Waals surface area contributed by atoms with Crippen LogP contribution in [0.1, 0.15) is 36.2 Å². The molecule has 1 aromatic heterocycles. The molecule has 0 bridgehead atoms. The standard InChI is InChI=1S/C13H20N2O5S/c1-15(2)21(18,19)12-8-7-11(20-12)13(17)14-9-3-5-10(16)6-4-9/h7-10,16H,3-6H2,1-2H3,(H,14,17). The van der Waals surface area contributed by atoms with Crippen molar-refractivity contribution in [3.05, 3.63) is 17.9 Å². The van der Waals surface area contributed by atoms with E-state index in [1.165, 1.54) is 26.2 Å². The van der Waals surface area contributed by atoms with Crippen molar-refractivity contribution in [2.45, 2.75) is 42.9 Å². The predicted octanol–water partition coefficient (Wildman–Crippen LogP) is 0.563. The Morgan fingerprint density at radius 3 is 2.48 bits per heavy atom. The van der Waals surface area contributed by atoms with E-state index in [1.54, 1.807) is 0 Å². The van der Waals surface area contributed by atoms with Crippen LogP contribution in [0.15, 0.2) is 21.6 Å². The Hall–Kier alpha value is -1.38. The highest BCUT2D eigenvalue weighted by Crippen LogP contribution is 2.20. The van der Waals surface area contributed by atoms with Gasteiger partial charge in [0.25, 0.3) is 15.9 Å². The molecule has 7 nitrogen and oxygen atoms in total. The van der Waals surface area contributed by atoms with Gasteiger partial charge < -0.3 is 14.8 Å². The molecule has 1 heterocycles. The molecule has 0 saturated heterocycles. The molecule has 1 amide bonds. The average molecular weight is 316 g/mol. The van der Waals surface area contributed by atoms with Crippen molar-refractivity contribution in [1.82, 2.24) is 9.62 Å². The first-order chi connectivity index (χ1) is 9.80. The van der Waals surface area contributed by atoms with Crippen molar-refractivity contribution in [1.29, 1.82) is 0 Å². The van der Waals surface area contributed by atoms with Crippen LogP contribution < -0.4 is 5.32 Å². The van der Waals surface area contributed by atoms with Crippen LogP contribution in [-0.2, 0) is 10.0 Å². The number of amides is 1. The Morgan fingerprint density at radius 2 is 1.90 bits per heavy atom. The molecule has 2 N–H and O–H groups in total. The zero-order valence-electron chi connectivity index (χ0n) is 12.1. The van der Waals surface area contributed by atoms with Crippen LogP contribution in [0.5, 0.6) is 0 Å². The number of hydrogen-bond acceptors (Lipinski definition) is 5. The molecular formula is C13H20N2O5S. The second-order valence-electron chi connectivity index (χ2n) is 5.39. The van der Waals surface area contributed by atoms with Gasteiger partial charge in [-0.05, 0) is 37.8 Å². The molecule has 0 unspecified atom stereocenters. The fourth-order valence-electron chi connectivity index (χ4n) is 2.24. The average Bonchev–Trinajstić information content (AvgIpc) is 2.91. The normalized spacial score (nSPS) is 23.2. The number of nitrogens with zero attached hydrogens (tertiary/aromatic N) is 1. The summed E-state index contributed by atoms with van der Waals surface area (Å²) in [5.74, 6) is -0.460. The zero-order chi connectivity index (χ0) is 15.6. The number of furan rings is 1. The number of aliphatic hydroxyl groups excluding tert-OH is 1. The number of aliphatic hydroxyl groups is 1. The fraction of sp³-hybridized carbons (Fsp3) is 0.615. The number of sulfonamides is 1. The van der Waals surface area contributed by atoms with Crippen LogP contribution >= 0.6 is 0 Å². The van der Waals surface area contributed by atoms with Gasteiger partial charge in [-0.2, -0.15) is 0 Å². The van der Waals surface area contributed by atoms with Crippen molar-refractivity contribution in [3.8, 4) is 0 Å². The number of hydrogen-bond donors (Lipinski definition) is 2. The van der Waals surface area contributed by atoms with Gasteiger partial charge in [-0.25, -0.2) is 12.7 Å². The van der Waals surface area contributed by atoms with Crippen LogP contribution in [0.3, 0.4) is 0 Å². The van der Waals surface area contributed by atoms with E-state index >= 15 is 0 Å². The van der Waals surface area contributed by atoms with E-state index in [1.807, 2.05) is 0 Å². The van der Waals surface area contributed by atoms with Gasteiger partial charge in [0.15, 0.2) is 5.76 Å². The Labute approximate surface area is 124 Å². The second-order valence-corrected chi connectivity index (χ2v) is 7.47. The molecule has 0 atom stereocenters. The zero-order valence-corrected chi connectivity index (χ0v) is 12.9. The Morgan fingerprint density at radius 1 is 1.29 bits per heavy atom. The maximum Gasteiger partial charge on any atom is 0.287 e. The van der Waals surface area contributed by atoms with Gasteiger partial charge >= 0.3 is 0 Å². The molecular weight excluding hydrogens is 296 g/mol. The first-order valence-corrected chi connectivity index (χ1v) is 8.26. The first-order valence-electron chi connectivity index (χ1n) is 6.82. The lowest BCUT2D eigenvalue weighted by atomic mass is 9.93. The van der Waals surface area contributed by atoms with Crippen LogP contribution in [0.25, 0.3) is 0 Å². The molecule has 0 aliphatic heterocycles. The van der Waals surface area contributed by atoms with E-state index in [2.05, 4.69) is 5.32 Å². The lowest BCUT2D eigenvalue weighted by Crippen LogP contribution is -2.38. The number of rotatable bonds is 4. The third kappa shape index (κ3) is 3.63. The first kappa shape index (κ1) is 16.0. The second kappa shape index (κ2) is 6.17. The maximum absolute atomic E-state index is 12.0. The lowest BCUT2D eigenvalue weighted by Gasteiger charge is -2.25. The summed E-state index contributed by atoms with van der Waals surface area (Å²) in [4.78, 5) is 12.0. The number of carbonyl (C=O) groups is 1. The molecule has 2 rings (SSSR count). The van der Waals surface area contributed by atoms with Gasteiger partial charge in [0.2, 0.25) is 5.09 Å². The summed E-state index contributed by atoms with van der Waals surface area (Å²) in [7, 11) is -0.889. The number of carbonyl (C=O) groups excluding carboxylic acids is 1. The van der Waals surface area contributed by atoms with Crippen molar-refractivity contribution in [2.24, 2.45) is 0 Å². The molecule has 21 heavy (non-hydrogen) atoms. The molecule has 1 saturated carbocycles. The summed E-state index contributed by atoms with van der Waals surface area (Å²) < 4.78 is 29.9. The van der Waals surface area contributed by atoms with E-state index in [-0.39, 0.29) is 23.0 Å². The lowest BCUT2D eigenvalue weighted by molar-refractivity contribution is 0.0838. The maximum atomic E-state index is 12.0. The Balaban J connectivity index is 2.03. The van der Waals surface area contributed by atoms with Gasteiger partial charge in [-0.1, -0.05) is 0 Å². The highest BCUT2D eigenvalue weighted by Gasteiger charge is 2.25. The minimum Gasteiger partial charge on any atom is -0.438 e. The third-order valence-electron chi connectivity index (χ3n) is 3.57. The van der Waals surface area contributed by atoms with Gasteiger partial charge in [0.1, 0.15) is 0 Å². The minimum absolute atomic E-state index is 0.0140. The molecule has 1 fully saturated rings. The number of nitrogens with one attached hydrogen (secondary N) is 1. The summed E-state index contributed by atoms with van der Waals surface area (Å²) in [6.45, 7) is 0. The summed E-state index contributed by atoms with van der Waals surface area (Å²) in [5.41, 5.74) is 0. The van der Waals surface area contributed by atoms with Crippen LogP contribution in [-0.4, -0.2) is 50.0 Å². The van der Waals surface area contributed by atoms with E-state index in [4.69, 9.17) is 4.42 Å². The van der Waals surface area contributed by atoms with E-state index in [0.29, 0.717) is 25.7 Å². The molecule has 1 aromatic rings. The smallest absolute Gasteiger partial charge is 0.287 e. The van der Waals surface area contributed by atoms with Crippen LogP contribution in [0.2, 0.25) is 0 Å². The summed E-state index contributed by atoms with van der Waals surface area (Å²) in [6, 6.07) is 2.61. The van der Waals surface area contributed by atoms with Crippen LogP contribution in [0, 0.1) is 0 Å². The molecule has 8 heteroatoms. The predicted molar refractivity (Wildman–Crippen MR) is 75.3 cm³/mol. The van der Waals surface area contributed by atoms with Gasteiger partial charge in [-0.3, -0.25) is 4.79 Å². The molecule has 0 radical (unpaired) electrons. The van der Waals surface area contributed by atoms with Crippen molar-refractivity contribution < 1.29 is 22.7 Å². The highest BCUT2D eigenvalue weighted by atomic mass is 32.2. The van der Waals surface area contributed by atoms with Crippen molar-refractivity contribution in [3.63, 3.8) is 0 Å². The van der Waals surface area contributed by atoms with E-state index in [0.717, 1.165) is 4.31 Å². The molecule has 0 aromatic carbocycles. The van der Waals surface area contributed by atoms with Crippen molar-refractivity contribution in [2.75, 3.05) is 14.1 Å². The topological polar surface area (TPSA) is 99.9 Å². The highest BCUT2D eigenvalue weighted by molar-refractivity contribution is 7.88. The summed E-state index contributed by atoms with van der Waals surface area (Å²) >= 11 is 0.